The van der Waals surface area contributed by atoms with Crippen molar-refractivity contribution in [2.45, 2.75) is 71.3 Å². The molecule has 0 radical (unpaired) electrons. The topological polar surface area (TPSA) is 62.3 Å². The number of hydrogen-bond acceptors (Lipinski definition) is 3. The molecule has 1 fully saturated rings. The Balaban J connectivity index is 2.06. The number of carbonyl (C=O) groups is 2. The van der Waals surface area contributed by atoms with Gasteiger partial charge < -0.3 is 10.2 Å². The van der Waals surface area contributed by atoms with Crippen molar-refractivity contribution >= 4 is 11.8 Å². The Hall–Kier alpha value is -1.91. The summed E-state index contributed by atoms with van der Waals surface area (Å²) in [7, 11) is 0. The van der Waals surface area contributed by atoms with E-state index >= 15 is 0 Å². The standard InChI is InChI=1S/C20H31N3O2/c1-3-13-23(14-4-2)20(25)16-11-12-21-18(15-16)19(24)22-17-9-7-5-6-8-10-17/h11-12,15,17H,3-10,13-14H2,1-2H3,(H,22,24). The van der Waals surface area contributed by atoms with Crippen molar-refractivity contribution < 1.29 is 9.59 Å². The van der Waals surface area contributed by atoms with E-state index in [4.69, 9.17) is 0 Å². The Bertz CT molecular complexity index is 560. The van der Waals surface area contributed by atoms with Crippen molar-refractivity contribution in [3.8, 4) is 0 Å². The van der Waals surface area contributed by atoms with E-state index in [-0.39, 0.29) is 17.9 Å². The third-order valence-corrected chi connectivity index (χ3v) is 4.70. The van der Waals surface area contributed by atoms with Crippen LogP contribution in [0.1, 0.15) is 86.1 Å². The molecule has 0 unspecified atom stereocenters. The van der Waals surface area contributed by atoms with Gasteiger partial charge in [-0.3, -0.25) is 14.6 Å². The molecule has 0 aliphatic heterocycles. The minimum atomic E-state index is -0.168. The zero-order valence-electron chi connectivity index (χ0n) is 15.6. The second-order valence-electron chi connectivity index (χ2n) is 6.88. The molecule has 138 valence electrons. The number of aromatic nitrogens is 1. The molecular formula is C20H31N3O2. The molecule has 0 aromatic carbocycles. The average molecular weight is 345 g/mol. The Morgan fingerprint density at radius 2 is 1.76 bits per heavy atom. The van der Waals surface area contributed by atoms with Gasteiger partial charge in [-0.15, -0.1) is 0 Å². The van der Waals surface area contributed by atoms with Crippen molar-refractivity contribution in [2.24, 2.45) is 0 Å². The first-order valence-corrected chi connectivity index (χ1v) is 9.71. The number of hydrogen-bond donors (Lipinski definition) is 1. The smallest absolute Gasteiger partial charge is 0.270 e. The van der Waals surface area contributed by atoms with Crippen LogP contribution in [0.5, 0.6) is 0 Å². The highest BCUT2D eigenvalue weighted by molar-refractivity contribution is 5.98. The van der Waals surface area contributed by atoms with Crippen molar-refractivity contribution in [2.75, 3.05) is 13.1 Å². The van der Waals surface area contributed by atoms with E-state index in [1.807, 2.05) is 4.90 Å². The SMILES string of the molecule is CCCN(CCC)C(=O)c1ccnc(C(=O)NC2CCCCCC2)c1. The van der Waals surface area contributed by atoms with E-state index in [9.17, 15) is 9.59 Å². The normalized spacial score (nSPS) is 15.4. The molecule has 0 spiro atoms. The van der Waals surface area contributed by atoms with E-state index in [1.54, 1.807) is 18.3 Å². The maximum absolute atomic E-state index is 12.7. The predicted molar refractivity (Wildman–Crippen MR) is 99.7 cm³/mol. The van der Waals surface area contributed by atoms with Gasteiger partial charge in [0.25, 0.3) is 11.8 Å². The van der Waals surface area contributed by atoms with Crippen molar-refractivity contribution in [3.63, 3.8) is 0 Å². The van der Waals surface area contributed by atoms with Gasteiger partial charge in [0.05, 0.1) is 0 Å². The van der Waals surface area contributed by atoms with E-state index in [2.05, 4.69) is 24.1 Å². The molecule has 1 aromatic rings. The summed E-state index contributed by atoms with van der Waals surface area (Å²) in [5.74, 6) is -0.186. The summed E-state index contributed by atoms with van der Waals surface area (Å²) in [6.45, 7) is 5.60. The molecule has 1 aliphatic carbocycles. The molecule has 1 heterocycles. The molecule has 1 aliphatic rings. The minimum absolute atomic E-state index is 0.0189. The minimum Gasteiger partial charge on any atom is -0.348 e. The second kappa shape index (κ2) is 10.2. The lowest BCUT2D eigenvalue weighted by Gasteiger charge is -2.21. The predicted octanol–water partition coefficient (Wildman–Crippen LogP) is 3.80. The number of nitrogens with zero attached hydrogens (tertiary/aromatic N) is 2. The molecule has 25 heavy (non-hydrogen) atoms. The molecule has 1 aromatic heterocycles. The van der Waals surface area contributed by atoms with Crippen LogP contribution in [-0.2, 0) is 0 Å². The lowest BCUT2D eigenvalue weighted by atomic mass is 10.1. The fourth-order valence-corrected chi connectivity index (χ4v) is 3.41. The summed E-state index contributed by atoms with van der Waals surface area (Å²) in [6.07, 6.45) is 10.3. The maximum Gasteiger partial charge on any atom is 0.270 e. The van der Waals surface area contributed by atoms with E-state index in [0.717, 1.165) is 38.8 Å². The summed E-state index contributed by atoms with van der Waals surface area (Å²) in [6, 6.07) is 3.56. The van der Waals surface area contributed by atoms with Gasteiger partial charge in [-0.25, -0.2) is 0 Å². The highest BCUT2D eigenvalue weighted by Gasteiger charge is 2.19. The molecule has 5 nitrogen and oxygen atoms in total. The van der Waals surface area contributed by atoms with Crippen LogP contribution in [0.2, 0.25) is 0 Å². The maximum atomic E-state index is 12.7. The monoisotopic (exact) mass is 345 g/mol. The number of carbonyl (C=O) groups excluding carboxylic acids is 2. The summed E-state index contributed by atoms with van der Waals surface area (Å²) in [5, 5.41) is 3.09. The van der Waals surface area contributed by atoms with Gasteiger partial charge in [0.1, 0.15) is 5.69 Å². The van der Waals surface area contributed by atoms with Gasteiger partial charge in [0.2, 0.25) is 0 Å². The fraction of sp³-hybridized carbons (Fsp3) is 0.650. The van der Waals surface area contributed by atoms with E-state index < -0.39 is 0 Å². The quantitative estimate of drug-likeness (QED) is 0.765. The Morgan fingerprint density at radius 1 is 1.12 bits per heavy atom. The Labute approximate surface area is 151 Å². The van der Waals surface area contributed by atoms with Gasteiger partial charge in [0.15, 0.2) is 0 Å². The number of pyridine rings is 1. The number of nitrogens with one attached hydrogen (secondary N) is 1. The van der Waals surface area contributed by atoms with E-state index in [1.165, 1.54) is 25.7 Å². The molecule has 0 atom stereocenters. The first kappa shape index (κ1) is 19.4. The van der Waals surface area contributed by atoms with Gasteiger partial charge >= 0.3 is 0 Å². The third-order valence-electron chi connectivity index (χ3n) is 4.70. The molecule has 5 heteroatoms. The molecule has 0 bridgehead atoms. The van der Waals surface area contributed by atoms with Crippen LogP contribution in [0.4, 0.5) is 0 Å². The van der Waals surface area contributed by atoms with Gasteiger partial charge in [-0.05, 0) is 37.8 Å². The van der Waals surface area contributed by atoms with E-state index in [0.29, 0.717) is 11.3 Å². The van der Waals surface area contributed by atoms with Crippen LogP contribution >= 0.6 is 0 Å². The average Bonchev–Trinajstić information content (AvgIpc) is 2.89. The fourth-order valence-electron chi connectivity index (χ4n) is 3.41. The second-order valence-corrected chi connectivity index (χ2v) is 6.88. The van der Waals surface area contributed by atoms with Crippen LogP contribution in [-0.4, -0.2) is 40.8 Å². The molecule has 1 saturated carbocycles. The summed E-state index contributed by atoms with van der Waals surface area (Å²) >= 11 is 0. The summed E-state index contributed by atoms with van der Waals surface area (Å²) < 4.78 is 0. The van der Waals surface area contributed by atoms with Gasteiger partial charge in [0, 0.05) is 30.9 Å². The van der Waals surface area contributed by atoms with Crippen molar-refractivity contribution in [1.82, 2.24) is 15.2 Å². The van der Waals surface area contributed by atoms with Crippen LogP contribution in [0.3, 0.4) is 0 Å². The number of amides is 2. The lowest BCUT2D eigenvalue weighted by molar-refractivity contribution is 0.0755. The van der Waals surface area contributed by atoms with Crippen LogP contribution < -0.4 is 5.32 Å². The zero-order valence-corrected chi connectivity index (χ0v) is 15.6. The van der Waals surface area contributed by atoms with Crippen molar-refractivity contribution in [3.05, 3.63) is 29.6 Å². The Morgan fingerprint density at radius 3 is 2.36 bits per heavy atom. The molecule has 1 N–H and O–H groups in total. The lowest BCUT2D eigenvalue weighted by Crippen LogP contribution is -2.35. The van der Waals surface area contributed by atoms with Gasteiger partial charge in [-0.2, -0.15) is 0 Å². The highest BCUT2D eigenvalue weighted by atomic mass is 16.2. The van der Waals surface area contributed by atoms with Crippen LogP contribution in [0.25, 0.3) is 0 Å². The Kier molecular flexibility index (Phi) is 7.89. The molecule has 0 saturated heterocycles. The molecule has 2 rings (SSSR count). The highest BCUT2D eigenvalue weighted by Crippen LogP contribution is 2.17. The van der Waals surface area contributed by atoms with Crippen LogP contribution in [0.15, 0.2) is 18.3 Å². The van der Waals surface area contributed by atoms with Crippen LogP contribution in [0, 0.1) is 0 Å². The summed E-state index contributed by atoms with van der Waals surface area (Å²) in [4.78, 5) is 31.3. The largest absolute Gasteiger partial charge is 0.348 e. The number of rotatable bonds is 7. The first-order chi connectivity index (χ1) is 12.2. The third kappa shape index (κ3) is 5.83. The first-order valence-electron chi connectivity index (χ1n) is 9.71. The summed E-state index contributed by atoms with van der Waals surface area (Å²) in [5.41, 5.74) is 0.881. The molecular weight excluding hydrogens is 314 g/mol. The van der Waals surface area contributed by atoms with Gasteiger partial charge in [-0.1, -0.05) is 39.5 Å². The zero-order chi connectivity index (χ0) is 18.1. The molecule has 2 amide bonds. The van der Waals surface area contributed by atoms with Crippen molar-refractivity contribution in [1.29, 1.82) is 0 Å².